The van der Waals surface area contributed by atoms with Gasteiger partial charge in [0.05, 0.1) is 18.1 Å². The molecule has 27 heavy (non-hydrogen) atoms. The third kappa shape index (κ3) is 4.57. The Balaban J connectivity index is 1.80. The Morgan fingerprint density at radius 3 is 2.56 bits per heavy atom. The van der Waals surface area contributed by atoms with Gasteiger partial charge in [-0.05, 0) is 29.8 Å². The molecule has 0 atom stereocenters. The molecule has 6 nitrogen and oxygen atoms in total. The normalized spacial score (nSPS) is 15.5. The molecule has 1 fully saturated rings. The second-order valence-electron chi connectivity index (χ2n) is 6.30. The third-order valence-corrected chi connectivity index (χ3v) is 7.07. The van der Waals surface area contributed by atoms with Gasteiger partial charge in [0.25, 0.3) is 5.91 Å². The van der Waals surface area contributed by atoms with Crippen LogP contribution < -0.4 is 0 Å². The fourth-order valence-electron chi connectivity index (χ4n) is 2.90. The maximum absolute atomic E-state index is 12.8. The van der Waals surface area contributed by atoms with Crippen LogP contribution in [0.25, 0.3) is 0 Å². The summed E-state index contributed by atoms with van der Waals surface area (Å²) in [6.07, 6.45) is 0. The summed E-state index contributed by atoms with van der Waals surface area (Å²) in [5.74, 6) is -0.232. The highest BCUT2D eigenvalue weighted by Crippen LogP contribution is 2.21. The number of carbonyl (C=O) groups is 1. The standard InChI is InChI=1S/C19H21BrN2O4S/c1-21(14-16-5-2-3-8-18(16)20)19(23)15-6-4-7-17(13-15)27(24,25)22-9-11-26-12-10-22/h2-8,13H,9-12,14H2,1H3. The summed E-state index contributed by atoms with van der Waals surface area (Å²) in [5.41, 5.74) is 1.32. The van der Waals surface area contributed by atoms with Crippen LogP contribution >= 0.6 is 15.9 Å². The molecule has 0 aromatic heterocycles. The van der Waals surface area contributed by atoms with E-state index in [-0.39, 0.29) is 10.8 Å². The molecule has 144 valence electrons. The molecule has 0 unspecified atom stereocenters. The van der Waals surface area contributed by atoms with Crippen molar-refractivity contribution in [1.82, 2.24) is 9.21 Å². The third-order valence-electron chi connectivity index (χ3n) is 4.40. The summed E-state index contributed by atoms with van der Waals surface area (Å²) in [7, 11) is -1.93. The summed E-state index contributed by atoms with van der Waals surface area (Å²) in [4.78, 5) is 14.5. The smallest absolute Gasteiger partial charge is 0.253 e. The first-order chi connectivity index (χ1) is 12.9. The molecule has 0 aliphatic carbocycles. The van der Waals surface area contributed by atoms with Crippen molar-refractivity contribution in [3.05, 3.63) is 64.1 Å². The number of carbonyl (C=O) groups excluding carboxylic acids is 1. The predicted octanol–water partition coefficient (Wildman–Crippen LogP) is 2.74. The van der Waals surface area contributed by atoms with Crippen molar-refractivity contribution in [2.45, 2.75) is 11.4 Å². The largest absolute Gasteiger partial charge is 0.379 e. The summed E-state index contributed by atoms with van der Waals surface area (Å²) < 4.78 is 33.2. The van der Waals surface area contributed by atoms with Crippen LogP contribution in [0.1, 0.15) is 15.9 Å². The number of amides is 1. The number of morpholine rings is 1. The molecular formula is C19H21BrN2O4S. The molecule has 1 aliphatic heterocycles. The SMILES string of the molecule is CN(Cc1ccccc1Br)C(=O)c1cccc(S(=O)(=O)N2CCOCC2)c1. The monoisotopic (exact) mass is 452 g/mol. The van der Waals surface area contributed by atoms with E-state index in [1.165, 1.54) is 16.4 Å². The van der Waals surface area contributed by atoms with Gasteiger partial charge >= 0.3 is 0 Å². The molecule has 0 bridgehead atoms. The van der Waals surface area contributed by atoms with E-state index in [1.54, 1.807) is 24.1 Å². The molecule has 0 saturated carbocycles. The van der Waals surface area contributed by atoms with E-state index in [9.17, 15) is 13.2 Å². The van der Waals surface area contributed by atoms with Crippen LogP contribution in [0.2, 0.25) is 0 Å². The summed E-state index contributed by atoms with van der Waals surface area (Å²) in [6, 6.07) is 13.9. The number of hydrogen-bond donors (Lipinski definition) is 0. The first kappa shape index (κ1) is 20.0. The maximum Gasteiger partial charge on any atom is 0.253 e. The van der Waals surface area contributed by atoms with Gasteiger partial charge in [-0.1, -0.05) is 40.2 Å². The summed E-state index contributed by atoms with van der Waals surface area (Å²) in [5, 5.41) is 0. The van der Waals surface area contributed by atoms with Crippen molar-refractivity contribution in [3.63, 3.8) is 0 Å². The molecule has 1 heterocycles. The van der Waals surface area contributed by atoms with Gasteiger partial charge < -0.3 is 9.64 Å². The molecule has 0 spiro atoms. The molecule has 3 rings (SSSR count). The van der Waals surface area contributed by atoms with Crippen LogP contribution in [0.5, 0.6) is 0 Å². The van der Waals surface area contributed by atoms with E-state index in [4.69, 9.17) is 4.74 Å². The Bertz CT molecular complexity index is 927. The minimum atomic E-state index is -3.63. The summed E-state index contributed by atoms with van der Waals surface area (Å²) in [6.45, 7) is 1.82. The lowest BCUT2D eigenvalue weighted by Crippen LogP contribution is -2.40. The number of hydrogen-bond acceptors (Lipinski definition) is 4. The highest BCUT2D eigenvalue weighted by Gasteiger charge is 2.27. The lowest BCUT2D eigenvalue weighted by molar-refractivity contribution is 0.0730. The fraction of sp³-hybridized carbons (Fsp3) is 0.316. The molecule has 2 aromatic rings. The maximum atomic E-state index is 12.8. The molecular weight excluding hydrogens is 432 g/mol. The van der Waals surface area contributed by atoms with Crippen molar-refractivity contribution >= 4 is 31.9 Å². The Morgan fingerprint density at radius 1 is 1.15 bits per heavy atom. The molecule has 2 aromatic carbocycles. The van der Waals surface area contributed by atoms with Crippen molar-refractivity contribution in [2.75, 3.05) is 33.4 Å². The second kappa shape index (κ2) is 8.52. The molecule has 1 amide bonds. The van der Waals surface area contributed by atoms with E-state index in [0.29, 0.717) is 38.4 Å². The minimum Gasteiger partial charge on any atom is -0.379 e. The van der Waals surface area contributed by atoms with Gasteiger partial charge in [-0.15, -0.1) is 0 Å². The van der Waals surface area contributed by atoms with Gasteiger partial charge in [-0.2, -0.15) is 4.31 Å². The first-order valence-corrected chi connectivity index (χ1v) is 10.8. The zero-order valence-electron chi connectivity index (χ0n) is 15.0. The van der Waals surface area contributed by atoms with Gasteiger partial charge in [0.2, 0.25) is 10.0 Å². The average molecular weight is 453 g/mol. The van der Waals surface area contributed by atoms with E-state index in [1.807, 2.05) is 24.3 Å². The van der Waals surface area contributed by atoms with Gasteiger partial charge in [0.1, 0.15) is 0 Å². The van der Waals surface area contributed by atoms with E-state index in [0.717, 1.165) is 10.0 Å². The van der Waals surface area contributed by atoms with Gasteiger partial charge in [-0.3, -0.25) is 4.79 Å². The number of benzene rings is 2. The highest BCUT2D eigenvalue weighted by molar-refractivity contribution is 9.10. The van der Waals surface area contributed by atoms with Crippen LogP contribution in [-0.4, -0.2) is 56.9 Å². The Kier molecular flexibility index (Phi) is 6.31. The number of rotatable bonds is 5. The molecule has 1 aliphatic rings. The lowest BCUT2D eigenvalue weighted by atomic mass is 10.1. The summed E-state index contributed by atoms with van der Waals surface area (Å²) >= 11 is 3.48. The van der Waals surface area contributed by atoms with Gasteiger partial charge in [0.15, 0.2) is 0 Å². The second-order valence-corrected chi connectivity index (χ2v) is 9.09. The number of nitrogens with zero attached hydrogens (tertiary/aromatic N) is 2. The average Bonchev–Trinajstić information content (AvgIpc) is 2.70. The van der Waals surface area contributed by atoms with Crippen LogP contribution in [-0.2, 0) is 21.3 Å². The highest BCUT2D eigenvalue weighted by atomic mass is 79.9. The fourth-order valence-corrected chi connectivity index (χ4v) is 4.76. The van der Waals surface area contributed by atoms with Crippen LogP contribution in [0, 0.1) is 0 Å². The van der Waals surface area contributed by atoms with Gasteiger partial charge in [-0.25, -0.2) is 8.42 Å². The van der Waals surface area contributed by atoms with Crippen molar-refractivity contribution < 1.29 is 17.9 Å². The minimum absolute atomic E-state index is 0.129. The molecule has 0 N–H and O–H groups in total. The van der Waals surface area contributed by atoms with E-state index < -0.39 is 10.0 Å². The molecule has 0 radical (unpaired) electrons. The zero-order chi connectivity index (χ0) is 19.4. The lowest BCUT2D eigenvalue weighted by Gasteiger charge is -2.26. The van der Waals surface area contributed by atoms with Crippen LogP contribution in [0.4, 0.5) is 0 Å². The number of ether oxygens (including phenoxy) is 1. The van der Waals surface area contributed by atoms with Crippen LogP contribution in [0.3, 0.4) is 0 Å². The Morgan fingerprint density at radius 2 is 1.85 bits per heavy atom. The molecule has 1 saturated heterocycles. The predicted molar refractivity (Wildman–Crippen MR) is 106 cm³/mol. The number of halogens is 1. The van der Waals surface area contributed by atoms with Crippen molar-refractivity contribution in [1.29, 1.82) is 0 Å². The topological polar surface area (TPSA) is 66.9 Å². The Labute approximate surface area is 167 Å². The van der Waals surface area contributed by atoms with E-state index >= 15 is 0 Å². The van der Waals surface area contributed by atoms with Crippen molar-refractivity contribution in [2.24, 2.45) is 0 Å². The quantitative estimate of drug-likeness (QED) is 0.699. The van der Waals surface area contributed by atoms with Crippen molar-refractivity contribution in [3.8, 4) is 0 Å². The Hall–Kier alpha value is -1.74. The zero-order valence-corrected chi connectivity index (χ0v) is 17.4. The van der Waals surface area contributed by atoms with E-state index in [2.05, 4.69) is 15.9 Å². The number of sulfonamides is 1. The van der Waals surface area contributed by atoms with Gasteiger partial charge in [0, 0.05) is 36.7 Å². The van der Waals surface area contributed by atoms with Crippen LogP contribution in [0.15, 0.2) is 57.9 Å². The molecule has 8 heteroatoms. The first-order valence-electron chi connectivity index (χ1n) is 8.56.